The van der Waals surface area contributed by atoms with Gasteiger partial charge in [-0.25, -0.2) is 15.2 Å². The molecule has 0 radical (unpaired) electrons. The van der Waals surface area contributed by atoms with E-state index in [2.05, 4.69) is 42.3 Å². The van der Waals surface area contributed by atoms with Gasteiger partial charge in [0.05, 0.1) is 5.02 Å². The number of carbonyl (C=O) groups excluding carboxylic acids is 1. The molecule has 2 fully saturated rings. The van der Waals surface area contributed by atoms with Crippen molar-refractivity contribution in [3.63, 3.8) is 0 Å². The predicted octanol–water partition coefficient (Wildman–Crippen LogP) is 4.60. The van der Waals surface area contributed by atoms with E-state index in [0.717, 1.165) is 29.8 Å². The lowest BCUT2D eigenvalue weighted by Gasteiger charge is -2.45. The zero-order chi connectivity index (χ0) is 31.2. The summed E-state index contributed by atoms with van der Waals surface area (Å²) in [4.78, 5) is 30.6. The monoisotopic (exact) mass is 608 g/mol. The van der Waals surface area contributed by atoms with Crippen LogP contribution in [-0.2, 0) is 4.79 Å². The third-order valence-electron chi connectivity index (χ3n) is 8.80. The van der Waals surface area contributed by atoms with Crippen molar-refractivity contribution in [1.82, 2.24) is 24.8 Å². The Labute approximate surface area is 258 Å². The molecular formula is C32H42ClFN8O. The minimum atomic E-state index is -0.440. The van der Waals surface area contributed by atoms with Gasteiger partial charge in [0.2, 0.25) is 11.9 Å². The number of nitrogens with zero attached hydrogens (tertiary/aromatic N) is 7. The Morgan fingerprint density at radius 2 is 1.84 bits per heavy atom. The van der Waals surface area contributed by atoms with Crippen molar-refractivity contribution in [3.8, 4) is 0 Å². The highest BCUT2D eigenvalue weighted by Crippen LogP contribution is 2.41. The van der Waals surface area contributed by atoms with Crippen LogP contribution in [0.5, 0.6) is 0 Å². The van der Waals surface area contributed by atoms with Gasteiger partial charge in [0.1, 0.15) is 11.3 Å². The van der Waals surface area contributed by atoms with Gasteiger partial charge in [-0.1, -0.05) is 30.3 Å². The second kappa shape index (κ2) is 12.3. The molecule has 1 aliphatic carbocycles. The third-order valence-corrected chi connectivity index (χ3v) is 9.10. The molecule has 5 rings (SSSR count). The Hall–Kier alpha value is -3.47. The second-order valence-corrected chi connectivity index (χ2v) is 12.6. The number of halogens is 2. The highest BCUT2D eigenvalue weighted by molar-refractivity contribution is 6.33. The number of hydrogen-bond donors (Lipinski definition) is 1. The van der Waals surface area contributed by atoms with Gasteiger partial charge in [-0.3, -0.25) is 4.79 Å². The number of likely N-dealkylation sites (N-methyl/N-ethyl adjacent to an activating group) is 1. The van der Waals surface area contributed by atoms with Crippen molar-refractivity contribution in [1.29, 1.82) is 0 Å². The number of benzene rings is 1. The smallest absolute Gasteiger partial charge is 0.246 e. The fourth-order valence-corrected chi connectivity index (χ4v) is 6.48. The molecule has 2 aliphatic heterocycles. The van der Waals surface area contributed by atoms with Crippen molar-refractivity contribution < 1.29 is 9.18 Å². The minimum absolute atomic E-state index is 0.0682. The Balaban J connectivity index is 1.62. The molecule has 1 aromatic carbocycles. The minimum Gasteiger partial charge on any atom is -0.349 e. The Morgan fingerprint density at radius 3 is 2.49 bits per heavy atom. The third kappa shape index (κ3) is 6.01. The second-order valence-electron chi connectivity index (χ2n) is 12.2. The van der Waals surface area contributed by atoms with E-state index in [4.69, 9.17) is 27.4 Å². The molecule has 2 aromatic rings. The molecule has 3 heterocycles. The first-order valence-electron chi connectivity index (χ1n) is 14.8. The number of hydrazine groups is 1. The summed E-state index contributed by atoms with van der Waals surface area (Å²) in [7, 11) is 5.89. The van der Waals surface area contributed by atoms with Crippen LogP contribution in [0, 0.1) is 5.82 Å². The fraction of sp³-hybridized carbons (Fsp3) is 0.469. The van der Waals surface area contributed by atoms with Crippen molar-refractivity contribution >= 4 is 45.8 Å². The largest absolute Gasteiger partial charge is 0.349 e. The van der Waals surface area contributed by atoms with E-state index in [-0.39, 0.29) is 23.5 Å². The van der Waals surface area contributed by atoms with Gasteiger partial charge < -0.3 is 24.6 Å². The molecule has 2 atom stereocenters. The van der Waals surface area contributed by atoms with Crippen LogP contribution in [0.1, 0.15) is 39.2 Å². The quantitative estimate of drug-likeness (QED) is 0.289. The molecule has 0 saturated carbocycles. The van der Waals surface area contributed by atoms with Gasteiger partial charge in [0.25, 0.3) is 0 Å². The number of hydrogen-bond acceptors (Lipinski definition) is 8. The summed E-state index contributed by atoms with van der Waals surface area (Å²) >= 11 is 6.94. The van der Waals surface area contributed by atoms with E-state index in [1.807, 2.05) is 43.2 Å². The standard InChI is InChI=1S/C32H42ClFN8O/c1-8-27(43)41-14-21(4)42(15-20(41)3)31-25-13-26(33)28(24-12-11-22(16-39(7)35)10-9-19(24)2)29(34)30(25)36-32(37-31)40-17-23(18-40)38(5)6/h8-10,13,16,20-21,23H,1,11-12,14-15,17-18,35H2,2-7H3/b22-16-/t20-,21+/m1/s1. The van der Waals surface area contributed by atoms with Crippen molar-refractivity contribution in [3.05, 3.63) is 64.6 Å². The fourth-order valence-electron chi connectivity index (χ4n) is 6.17. The summed E-state index contributed by atoms with van der Waals surface area (Å²) in [6.07, 6.45) is 8.53. The molecular weight excluding hydrogens is 567 g/mol. The number of fused-ring (bicyclic) bond motifs is 1. The van der Waals surface area contributed by atoms with Gasteiger partial charge in [-0.05, 0) is 76.6 Å². The zero-order valence-corrected chi connectivity index (χ0v) is 26.7. The molecule has 1 amide bonds. The Bertz CT molecular complexity index is 1530. The topological polar surface area (TPSA) is 85.1 Å². The number of rotatable bonds is 6. The van der Waals surface area contributed by atoms with Crippen LogP contribution in [0.15, 0.2) is 48.2 Å². The maximum Gasteiger partial charge on any atom is 0.246 e. The number of anilines is 2. The van der Waals surface area contributed by atoms with Crippen LogP contribution < -0.4 is 15.6 Å². The highest BCUT2D eigenvalue weighted by Gasteiger charge is 2.36. The summed E-state index contributed by atoms with van der Waals surface area (Å²) < 4.78 is 16.8. The Kier molecular flexibility index (Phi) is 8.83. The molecule has 230 valence electrons. The first kappa shape index (κ1) is 31.0. The molecule has 9 nitrogen and oxygen atoms in total. The van der Waals surface area contributed by atoms with Crippen molar-refractivity contribution in [2.75, 3.05) is 57.1 Å². The van der Waals surface area contributed by atoms with Crippen LogP contribution in [0.2, 0.25) is 5.02 Å². The number of piperazine rings is 1. The number of carbonyl (C=O) groups is 1. The molecule has 0 spiro atoms. The molecule has 3 aliphatic rings. The lowest BCUT2D eigenvalue weighted by molar-refractivity contribution is -0.128. The summed E-state index contributed by atoms with van der Waals surface area (Å²) in [6, 6.07) is 2.03. The van der Waals surface area contributed by atoms with Crippen LogP contribution >= 0.6 is 11.6 Å². The van der Waals surface area contributed by atoms with E-state index in [1.54, 1.807) is 7.05 Å². The van der Waals surface area contributed by atoms with E-state index in [0.29, 0.717) is 59.7 Å². The molecule has 1 aromatic heterocycles. The Morgan fingerprint density at radius 1 is 1.12 bits per heavy atom. The predicted molar refractivity (Wildman–Crippen MR) is 173 cm³/mol. The highest BCUT2D eigenvalue weighted by atomic mass is 35.5. The van der Waals surface area contributed by atoms with Gasteiger partial charge in [-0.2, -0.15) is 4.98 Å². The summed E-state index contributed by atoms with van der Waals surface area (Å²) in [5.74, 6) is 6.44. The normalized spacial score (nSPS) is 22.5. The van der Waals surface area contributed by atoms with Crippen molar-refractivity contribution in [2.24, 2.45) is 5.84 Å². The number of amides is 1. The maximum absolute atomic E-state index is 16.8. The first-order valence-corrected chi connectivity index (χ1v) is 15.1. The van der Waals surface area contributed by atoms with Crippen LogP contribution in [-0.4, -0.2) is 96.1 Å². The number of nitrogens with two attached hydrogens (primary N) is 1. The van der Waals surface area contributed by atoms with Gasteiger partial charge in [0.15, 0.2) is 5.82 Å². The molecule has 0 unspecified atom stereocenters. The van der Waals surface area contributed by atoms with E-state index < -0.39 is 5.82 Å². The lowest BCUT2D eigenvalue weighted by atomic mass is 9.94. The van der Waals surface area contributed by atoms with Gasteiger partial charge in [0, 0.05) is 68.5 Å². The average molecular weight is 609 g/mol. The molecule has 2 saturated heterocycles. The maximum atomic E-state index is 16.8. The first-order chi connectivity index (χ1) is 20.4. The van der Waals surface area contributed by atoms with E-state index >= 15 is 4.39 Å². The van der Waals surface area contributed by atoms with E-state index in [9.17, 15) is 4.79 Å². The van der Waals surface area contributed by atoms with Crippen LogP contribution in [0.3, 0.4) is 0 Å². The molecule has 11 heteroatoms. The molecule has 43 heavy (non-hydrogen) atoms. The van der Waals surface area contributed by atoms with Crippen molar-refractivity contribution in [2.45, 2.75) is 51.7 Å². The number of allylic oxidation sites excluding steroid dienone is 5. The number of aromatic nitrogens is 2. The van der Waals surface area contributed by atoms with Crippen LogP contribution in [0.4, 0.5) is 16.2 Å². The SMILES string of the molecule is C=CC(=O)N1C[C@H](C)N(c2nc(N3CC(N(C)C)C3)nc3c(F)c(C4=C(C)C=C/C(=C/N(C)N)CC4)c(Cl)cc23)C[C@H]1C. The average Bonchev–Trinajstić information content (AvgIpc) is 3.09. The summed E-state index contributed by atoms with van der Waals surface area (Å²) in [5, 5.41) is 2.41. The van der Waals surface area contributed by atoms with Gasteiger partial charge in [-0.15, -0.1) is 0 Å². The van der Waals surface area contributed by atoms with E-state index in [1.165, 1.54) is 11.1 Å². The summed E-state index contributed by atoms with van der Waals surface area (Å²) in [5.41, 5.74) is 3.48. The molecule has 2 N–H and O–H groups in total. The lowest BCUT2D eigenvalue weighted by Crippen LogP contribution is -2.59. The molecule has 0 bridgehead atoms. The summed E-state index contributed by atoms with van der Waals surface area (Å²) in [6.45, 7) is 12.3. The van der Waals surface area contributed by atoms with Crippen LogP contribution in [0.25, 0.3) is 16.5 Å². The van der Waals surface area contributed by atoms with Gasteiger partial charge >= 0.3 is 0 Å². The zero-order valence-electron chi connectivity index (χ0n) is 25.9.